The first-order valence-electron chi connectivity index (χ1n) is 7.30. The second-order valence-electron chi connectivity index (χ2n) is 5.40. The second kappa shape index (κ2) is 5.11. The predicted molar refractivity (Wildman–Crippen MR) is 82.8 cm³/mol. The van der Waals surface area contributed by atoms with Crippen LogP contribution in [0.3, 0.4) is 0 Å². The minimum atomic E-state index is 0.00152. The lowest BCUT2D eigenvalue weighted by Gasteiger charge is -2.15. The quantitative estimate of drug-likeness (QED) is 0.922. The molecular formula is C15H16N4OS. The zero-order valence-electron chi connectivity index (χ0n) is 11.6. The van der Waals surface area contributed by atoms with Crippen molar-refractivity contribution >= 4 is 23.1 Å². The van der Waals surface area contributed by atoms with Crippen LogP contribution in [-0.4, -0.2) is 35.5 Å². The van der Waals surface area contributed by atoms with Crippen molar-refractivity contribution in [3.8, 4) is 10.6 Å². The fourth-order valence-corrected chi connectivity index (χ4v) is 3.86. The van der Waals surface area contributed by atoms with Gasteiger partial charge in [-0.2, -0.15) is 0 Å². The number of thiazole rings is 1. The van der Waals surface area contributed by atoms with E-state index < -0.39 is 0 Å². The number of hydrogen-bond donors (Lipinski definition) is 1. The Labute approximate surface area is 127 Å². The van der Waals surface area contributed by atoms with Gasteiger partial charge in [-0.05, 0) is 25.0 Å². The SMILES string of the molecule is O=C1NCCc2nc(-c3ccc(N4CCCC4)nc3)sc21. The van der Waals surface area contributed by atoms with Gasteiger partial charge >= 0.3 is 0 Å². The van der Waals surface area contributed by atoms with Crippen molar-refractivity contribution in [1.82, 2.24) is 15.3 Å². The van der Waals surface area contributed by atoms with E-state index in [9.17, 15) is 4.79 Å². The number of amides is 1. The van der Waals surface area contributed by atoms with Gasteiger partial charge in [-0.25, -0.2) is 9.97 Å². The first-order chi connectivity index (χ1) is 10.3. The molecule has 0 spiro atoms. The van der Waals surface area contributed by atoms with Gasteiger partial charge in [-0.3, -0.25) is 4.79 Å². The molecule has 4 heterocycles. The second-order valence-corrected chi connectivity index (χ2v) is 6.40. The first-order valence-corrected chi connectivity index (χ1v) is 8.12. The number of rotatable bonds is 2. The van der Waals surface area contributed by atoms with Crippen molar-refractivity contribution in [2.45, 2.75) is 19.3 Å². The van der Waals surface area contributed by atoms with Gasteiger partial charge in [0.25, 0.3) is 5.91 Å². The average Bonchev–Trinajstić information content (AvgIpc) is 3.18. The lowest BCUT2D eigenvalue weighted by molar-refractivity contribution is 0.0950. The Morgan fingerprint density at radius 2 is 2.10 bits per heavy atom. The summed E-state index contributed by atoms with van der Waals surface area (Å²) in [5, 5.41) is 3.74. The van der Waals surface area contributed by atoms with Gasteiger partial charge in [-0.1, -0.05) is 0 Å². The van der Waals surface area contributed by atoms with Crippen molar-refractivity contribution in [2.75, 3.05) is 24.5 Å². The van der Waals surface area contributed by atoms with Crippen molar-refractivity contribution in [2.24, 2.45) is 0 Å². The third-order valence-corrected chi connectivity index (χ3v) is 5.12. The maximum atomic E-state index is 11.8. The number of aromatic nitrogens is 2. The fraction of sp³-hybridized carbons (Fsp3) is 0.400. The average molecular weight is 300 g/mol. The topological polar surface area (TPSA) is 58.1 Å². The molecule has 0 unspecified atom stereocenters. The molecule has 2 aliphatic heterocycles. The highest BCUT2D eigenvalue weighted by molar-refractivity contribution is 7.17. The van der Waals surface area contributed by atoms with Crippen LogP contribution < -0.4 is 10.2 Å². The molecule has 108 valence electrons. The molecular weight excluding hydrogens is 284 g/mol. The van der Waals surface area contributed by atoms with E-state index in [0.717, 1.165) is 46.5 Å². The minimum Gasteiger partial charge on any atom is -0.357 e. The van der Waals surface area contributed by atoms with Crippen molar-refractivity contribution in [1.29, 1.82) is 0 Å². The van der Waals surface area contributed by atoms with Crippen LogP contribution in [0, 0.1) is 0 Å². The molecule has 6 heteroatoms. The number of anilines is 1. The van der Waals surface area contributed by atoms with E-state index in [-0.39, 0.29) is 5.91 Å². The van der Waals surface area contributed by atoms with Gasteiger partial charge in [0.15, 0.2) is 0 Å². The van der Waals surface area contributed by atoms with Gasteiger partial charge in [0.1, 0.15) is 15.7 Å². The Balaban J connectivity index is 1.63. The molecule has 4 rings (SSSR count). The van der Waals surface area contributed by atoms with Gasteiger partial charge < -0.3 is 10.2 Å². The summed E-state index contributed by atoms with van der Waals surface area (Å²) in [5.41, 5.74) is 1.91. The number of nitrogens with one attached hydrogen (secondary N) is 1. The summed E-state index contributed by atoms with van der Waals surface area (Å²) in [7, 11) is 0. The van der Waals surface area contributed by atoms with E-state index in [4.69, 9.17) is 0 Å². The first kappa shape index (κ1) is 12.8. The lowest BCUT2D eigenvalue weighted by atomic mass is 10.2. The summed E-state index contributed by atoms with van der Waals surface area (Å²) < 4.78 is 0. The molecule has 0 aliphatic carbocycles. The Kier molecular flexibility index (Phi) is 3.11. The molecule has 1 N–H and O–H groups in total. The fourth-order valence-electron chi connectivity index (χ4n) is 2.84. The van der Waals surface area contributed by atoms with Crippen LogP contribution in [0.25, 0.3) is 10.6 Å². The number of carbonyl (C=O) groups excluding carboxylic acids is 1. The van der Waals surface area contributed by atoms with E-state index >= 15 is 0 Å². The van der Waals surface area contributed by atoms with Gasteiger partial charge in [0.05, 0.1) is 5.69 Å². The molecule has 0 bridgehead atoms. The van der Waals surface area contributed by atoms with E-state index in [1.807, 2.05) is 6.20 Å². The Bertz CT molecular complexity index is 673. The van der Waals surface area contributed by atoms with Crippen LogP contribution in [0.5, 0.6) is 0 Å². The van der Waals surface area contributed by atoms with Crippen molar-refractivity contribution < 1.29 is 4.79 Å². The summed E-state index contributed by atoms with van der Waals surface area (Å²) in [5.74, 6) is 1.04. The third kappa shape index (κ3) is 2.29. The molecule has 0 atom stereocenters. The maximum Gasteiger partial charge on any atom is 0.263 e. The highest BCUT2D eigenvalue weighted by Crippen LogP contribution is 2.30. The molecule has 2 aromatic heterocycles. The number of pyridine rings is 1. The zero-order valence-corrected chi connectivity index (χ0v) is 12.4. The minimum absolute atomic E-state index is 0.00152. The lowest BCUT2D eigenvalue weighted by Crippen LogP contribution is -2.30. The van der Waals surface area contributed by atoms with Crippen molar-refractivity contribution in [3.05, 3.63) is 28.9 Å². The summed E-state index contributed by atoms with van der Waals surface area (Å²) >= 11 is 1.46. The molecule has 1 amide bonds. The van der Waals surface area contributed by atoms with Crippen LogP contribution >= 0.6 is 11.3 Å². The smallest absolute Gasteiger partial charge is 0.263 e. The highest BCUT2D eigenvalue weighted by Gasteiger charge is 2.22. The van der Waals surface area contributed by atoms with Crippen LogP contribution in [0.15, 0.2) is 18.3 Å². The maximum absolute atomic E-state index is 11.8. The monoisotopic (exact) mass is 300 g/mol. The molecule has 0 saturated carbocycles. The highest BCUT2D eigenvalue weighted by atomic mass is 32.1. The molecule has 0 aromatic carbocycles. The number of fused-ring (bicyclic) bond motifs is 1. The van der Waals surface area contributed by atoms with Crippen molar-refractivity contribution in [3.63, 3.8) is 0 Å². The molecule has 2 aromatic rings. The van der Waals surface area contributed by atoms with E-state index in [1.165, 1.54) is 24.2 Å². The Morgan fingerprint density at radius 1 is 1.24 bits per heavy atom. The molecule has 21 heavy (non-hydrogen) atoms. The van der Waals surface area contributed by atoms with Gasteiger partial charge in [0.2, 0.25) is 0 Å². The third-order valence-electron chi connectivity index (χ3n) is 3.98. The Morgan fingerprint density at radius 3 is 2.81 bits per heavy atom. The molecule has 1 fully saturated rings. The summed E-state index contributed by atoms with van der Waals surface area (Å²) in [6.45, 7) is 2.87. The summed E-state index contributed by atoms with van der Waals surface area (Å²) in [6, 6.07) is 4.12. The predicted octanol–water partition coefficient (Wildman–Crippen LogP) is 2.09. The van der Waals surface area contributed by atoms with E-state index in [2.05, 4.69) is 32.3 Å². The summed E-state index contributed by atoms with van der Waals surface area (Å²) in [4.78, 5) is 24.0. The van der Waals surface area contributed by atoms with Crippen LogP contribution in [-0.2, 0) is 6.42 Å². The normalized spacial score (nSPS) is 17.7. The van der Waals surface area contributed by atoms with E-state index in [1.54, 1.807) is 0 Å². The van der Waals surface area contributed by atoms with E-state index in [0.29, 0.717) is 6.54 Å². The van der Waals surface area contributed by atoms with Gasteiger partial charge in [-0.15, -0.1) is 11.3 Å². The number of nitrogens with zero attached hydrogens (tertiary/aromatic N) is 3. The van der Waals surface area contributed by atoms with Crippen LogP contribution in [0.4, 0.5) is 5.82 Å². The molecule has 0 radical (unpaired) electrons. The van der Waals surface area contributed by atoms with Gasteiger partial charge in [0, 0.05) is 37.8 Å². The zero-order chi connectivity index (χ0) is 14.2. The standard InChI is InChI=1S/C15H16N4OS/c20-14-13-11(5-6-16-14)18-15(21-13)10-3-4-12(17-9-10)19-7-1-2-8-19/h3-4,9H,1-2,5-8H2,(H,16,20). The number of hydrogen-bond acceptors (Lipinski definition) is 5. The molecule has 2 aliphatic rings. The summed E-state index contributed by atoms with van der Waals surface area (Å²) in [6.07, 6.45) is 5.18. The largest absolute Gasteiger partial charge is 0.357 e. The Hall–Kier alpha value is -1.95. The molecule has 1 saturated heterocycles. The van der Waals surface area contributed by atoms with Crippen LogP contribution in [0.2, 0.25) is 0 Å². The molecule has 5 nitrogen and oxygen atoms in total. The number of carbonyl (C=O) groups is 1. The van der Waals surface area contributed by atoms with Crippen LogP contribution in [0.1, 0.15) is 28.2 Å².